The van der Waals surface area contributed by atoms with Crippen LogP contribution in [0, 0.1) is 0 Å². The highest BCUT2D eigenvalue weighted by molar-refractivity contribution is 6.61. The zero-order valence-electron chi connectivity index (χ0n) is 11.4. The van der Waals surface area contributed by atoms with Crippen LogP contribution in [0.4, 0.5) is 0 Å². The minimum atomic E-state index is -0.638. The molecule has 1 aliphatic rings. The van der Waals surface area contributed by atoms with Crippen molar-refractivity contribution in [2.45, 2.75) is 49.0 Å². The molecule has 0 fully saturated rings. The third kappa shape index (κ3) is 2.67. The van der Waals surface area contributed by atoms with E-state index in [0.717, 1.165) is 4.78 Å². The number of fused-ring (bicyclic) bond motifs is 1. The predicted octanol–water partition coefficient (Wildman–Crippen LogP) is 5.04. The Labute approximate surface area is 110 Å². The topological polar surface area (TPSA) is 0 Å². The van der Waals surface area contributed by atoms with Gasteiger partial charge in [0.15, 0.2) is 0 Å². The SMILES string of the molecule is CC[CH2][Al]([CH2]CC)[CH]1C=C(C)c2ccccc21. The van der Waals surface area contributed by atoms with Gasteiger partial charge in [0.05, 0.1) is 0 Å². The van der Waals surface area contributed by atoms with Crippen LogP contribution in [-0.4, -0.2) is 14.1 Å². The van der Waals surface area contributed by atoms with Crippen molar-refractivity contribution in [3.05, 3.63) is 41.5 Å². The van der Waals surface area contributed by atoms with Gasteiger partial charge in [-0.05, 0) is 28.4 Å². The Bertz CT molecular complexity index is 400. The molecule has 0 saturated heterocycles. The predicted molar refractivity (Wildman–Crippen MR) is 78.8 cm³/mol. The van der Waals surface area contributed by atoms with Crippen molar-refractivity contribution in [1.82, 2.24) is 0 Å². The van der Waals surface area contributed by atoms with Gasteiger partial charge in [-0.25, -0.2) is 0 Å². The summed E-state index contributed by atoms with van der Waals surface area (Å²) in [6.45, 7) is 6.96. The molecule has 0 N–H and O–H groups in total. The van der Waals surface area contributed by atoms with Crippen LogP contribution in [0.2, 0.25) is 10.6 Å². The normalized spacial score (nSPS) is 17.8. The summed E-state index contributed by atoms with van der Waals surface area (Å²) in [6.07, 6.45) is 5.29. The molecule has 90 valence electrons. The molecule has 0 aliphatic heterocycles. The second-order valence-electron chi connectivity index (χ2n) is 5.30. The van der Waals surface area contributed by atoms with Crippen LogP contribution in [0.5, 0.6) is 0 Å². The Balaban J connectivity index is 2.27. The van der Waals surface area contributed by atoms with E-state index in [2.05, 4.69) is 51.1 Å². The summed E-state index contributed by atoms with van der Waals surface area (Å²) in [5.41, 5.74) is 4.65. The summed E-state index contributed by atoms with van der Waals surface area (Å²) in [4.78, 5) is 0. The molecule has 0 nitrogen and oxygen atoms in total. The number of hydrogen-bond acceptors (Lipinski definition) is 0. The summed E-state index contributed by atoms with van der Waals surface area (Å²) in [7, 11) is 0. The lowest BCUT2D eigenvalue weighted by atomic mass is 10.1. The third-order valence-corrected chi connectivity index (χ3v) is 8.21. The monoisotopic (exact) mass is 242 g/mol. The average Bonchev–Trinajstić information content (AvgIpc) is 2.67. The van der Waals surface area contributed by atoms with Crippen molar-refractivity contribution in [2.75, 3.05) is 0 Å². The minimum Gasteiger partial charge on any atom is -0.0935 e. The molecule has 1 aromatic rings. The zero-order valence-corrected chi connectivity index (χ0v) is 12.5. The van der Waals surface area contributed by atoms with Crippen LogP contribution in [0.15, 0.2) is 30.3 Å². The van der Waals surface area contributed by atoms with Crippen molar-refractivity contribution in [3.63, 3.8) is 0 Å². The first kappa shape index (κ1) is 12.9. The Morgan fingerprint density at radius 3 is 2.35 bits per heavy atom. The van der Waals surface area contributed by atoms with Crippen molar-refractivity contribution >= 4 is 19.7 Å². The Kier molecular flexibility index (Phi) is 4.49. The smallest absolute Gasteiger partial charge is 0.0935 e. The number of hydrogen-bond donors (Lipinski definition) is 0. The van der Waals surface area contributed by atoms with E-state index >= 15 is 0 Å². The van der Waals surface area contributed by atoms with Crippen LogP contribution < -0.4 is 0 Å². The standard InChI is InChI=1S/C10H9.2C3H7.Al/c1-8-6-7-9-4-2-3-5-10(8)9;2*1-3-2;/h2-7H,1H3;2*1,3H2,2H3;. The molecular weight excluding hydrogens is 219 g/mol. The third-order valence-electron chi connectivity index (χ3n) is 4.00. The molecule has 0 spiro atoms. The maximum Gasteiger partial charge on any atom is 0.277 e. The highest BCUT2D eigenvalue weighted by Crippen LogP contribution is 2.39. The van der Waals surface area contributed by atoms with E-state index in [-0.39, 0.29) is 0 Å². The van der Waals surface area contributed by atoms with E-state index < -0.39 is 14.1 Å². The van der Waals surface area contributed by atoms with Gasteiger partial charge in [0.1, 0.15) is 0 Å². The van der Waals surface area contributed by atoms with E-state index in [0.29, 0.717) is 0 Å². The quantitative estimate of drug-likeness (QED) is 0.634. The van der Waals surface area contributed by atoms with Gasteiger partial charge in [-0.3, -0.25) is 0 Å². The molecule has 0 radical (unpaired) electrons. The molecule has 2 rings (SSSR count). The summed E-state index contributed by atoms with van der Waals surface area (Å²) < 4.78 is 0.811. The summed E-state index contributed by atoms with van der Waals surface area (Å²) in [5, 5.41) is 2.99. The van der Waals surface area contributed by atoms with Crippen LogP contribution in [0.25, 0.3) is 5.57 Å². The van der Waals surface area contributed by atoms with E-state index in [9.17, 15) is 0 Å². The second-order valence-corrected chi connectivity index (χ2v) is 8.69. The molecule has 0 aromatic heterocycles. The molecular formula is C16H23Al. The minimum absolute atomic E-state index is 0.638. The van der Waals surface area contributed by atoms with Gasteiger partial charge >= 0.3 is 0 Å². The molecule has 0 bridgehead atoms. The first-order valence-corrected chi connectivity index (χ1v) is 9.35. The molecule has 1 aromatic carbocycles. The van der Waals surface area contributed by atoms with Gasteiger partial charge in [-0.2, -0.15) is 0 Å². The molecule has 1 heteroatoms. The van der Waals surface area contributed by atoms with Gasteiger partial charge in [0.25, 0.3) is 14.1 Å². The molecule has 0 heterocycles. The maximum absolute atomic E-state index is 2.56. The van der Waals surface area contributed by atoms with E-state index in [1.165, 1.54) is 34.5 Å². The Morgan fingerprint density at radius 1 is 1.06 bits per heavy atom. The molecule has 1 aliphatic carbocycles. The van der Waals surface area contributed by atoms with Crippen LogP contribution in [0.3, 0.4) is 0 Å². The summed E-state index contributed by atoms with van der Waals surface area (Å²) in [6, 6.07) is 9.04. The fourth-order valence-corrected chi connectivity index (χ4v) is 7.08. The lowest BCUT2D eigenvalue weighted by Crippen LogP contribution is -2.20. The lowest BCUT2D eigenvalue weighted by molar-refractivity contribution is 0.967. The van der Waals surface area contributed by atoms with Crippen molar-refractivity contribution < 1.29 is 0 Å². The molecule has 0 amide bonds. The molecule has 0 saturated carbocycles. The fraction of sp³-hybridized carbons (Fsp3) is 0.500. The van der Waals surface area contributed by atoms with Crippen molar-refractivity contribution in [1.29, 1.82) is 0 Å². The van der Waals surface area contributed by atoms with Gasteiger partial charge in [-0.15, -0.1) is 0 Å². The number of benzene rings is 1. The van der Waals surface area contributed by atoms with Gasteiger partial charge in [-0.1, -0.05) is 67.6 Å². The largest absolute Gasteiger partial charge is 0.277 e. The van der Waals surface area contributed by atoms with Gasteiger partial charge < -0.3 is 0 Å². The van der Waals surface area contributed by atoms with Crippen molar-refractivity contribution in [2.24, 2.45) is 0 Å². The van der Waals surface area contributed by atoms with Crippen LogP contribution in [-0.2, 0) is 0 Å². The van der Waals surface area contributed by atoms with Crippen LogP contribution >= 0.6 is 0 Å². The first-order chi connectivity index (χ1) is 8.27. The Hall–Kier alpha value is -0.508. The van der Waals surface area contributed by atoms with Crippen molar-refractivity contribution in [3.8, 4) is 0 Å². The maximum atomic E-state index is 2.56. The zero-order chi connectivity index (χ0) is 12.3. The highest BCUT2D eigenvalue weighted by Gasteiger charge is 2.31. The molecule has 17 heavy (non-hydrogen) atoms. The first-order valence-electron chi connectivity index (χ1n) is 7.05. The highest BCUT2D eigenvalue weighted by atomic mass is 27.2. The van der Waals surface area contributed by atoms with E-state index in [4.69, 9.17) is 0 Å². The number of allylic oxidation sites excluding steroid dienone is 2. The van der Waals surface area contributed by atoms with E-state index in [1.54, 1.807) is 5.56 Å². The average molecular weight is 242 g/mol. The van der Waals surface area contributed by atoms with Crippen LogP contribution in [0.1, 0.15) is 49.5 Å². The fourth-order valence-electron chi connectivity index (χ4n) is 3.23. The second kappa shape index (κ2) is 5.90. The Morgan fingerprint density at radius 2 is 1.71 bits per heavy atom. The van der Waals surface area contributed by atoms with Gasteiger partial charge in [0, 0.05) is 0 Å². The summed E-state index contributed by atoms with van der Waals surface area (Å²) >= 11 is -0.638. The molecule has 1 atom stereocenters. The molecule has 1 unspecified atom stereocenters. The van der Waals surface area contributed by atoms with Gasteiger partial charge in [0.2, 0.25) is 0 Å². The lowest BCUT2D eigenvalue weighted by Gasteiger charge is -2.18. The summed E-state index contributed by atoms with van der Waals surface area (Å²) in [5.74, 6) is 0. The van der Waals surface area contributed by atoms with E-state index in [1.807, 2.05) is 0 Å². The number of rotatable bonds is 5.